The number of nitro groups is 1. The molecule has 0 heterocycles. The van der Waals surface area contributed by atoms with Crippen LogP contribution in [0.15, 0.2) is 36.4 Å². The van der Waals surface area contributed by atoms with Gasteiger partial charge in [-0.2, -0.15) is 5.26 Å². The van der Waals surface area contributed by atoms with E-state index in [1.165, 1.54) is 6.07 Å². The van der Waals surface area contributed by atoms with E-state index < -0.39 is 4.92 Å². The molecular weight excluding hydrogens is 268 g/mol. The summed E-state index contributed by atoms with van der Waals surface area (Å²) in [5.41, 5.74) is 3.71. The molecule has 0 N–H and O–H groups in total. The van der Waals surface area contributed by atoms with Crippen LogP contribution in [-0.4, -0.2) is 12.0 Å². The zero-order valence-corrected chi connectivity index (χ0v) is 11.4. The Balaban J connectivity index is 2.20. The first-order valence-electron chi connectivity index (χ1n) is 6.49. The molecule has 1 atom stereocenters. The summed E-state index contributed by atoms with van der Waals surface area (Å²) in [6.45, 7) is 0. The average Bonchev–Trinajstić information content (AvgIpc) is 2.52. The van der Waals surface area contributed by atoms with Gasteiger partial charge in [-0.05, 0) is 46.9 Å². The molecule has 0 fully saturated rings. The summed E-state index contributed by atoms with van der Waals surface area (Å²) in [5.74, 6) is 0.393. The lowest BCUT2D eigenvalue weighted by atomic mass is 9.79. The van der Waals surface area contributed by atoms with Crippen molar-refractivity contribution >= 4 is 5.69 Å². The first kappa shape index (κ1) is 13.1. The molecule has 0 saturated carbocycles. The second-order valence-electron chi connectivity index (χ2n) is 4.94. The van der Waals surface area contributed by atoms with Crippen molar-refractivity contribution in [2.45, 2.75) is 12.3 Å². The molecule has 3 rings (SSSR count). The zero-order valence-electron chi connectivity index (χ0n) is 11.4. The topological polar surface area (TPSA) is 76.2 Å². The Morgan fingerprint density at radius 2 is 2.05 bits per heavy atom. The minimum atomic E-state index is -0.412. The molecule has 5 heteroatoms. The van der Waals surface area contributed by atoms with Crippen molar-refractivity contribution < 1.29 is 9.66 Å². The lowest BCUT2D eigenvalue weighted by Gasteiger charge is -2.24. The number of methoxy groups -OCH3 is 1. The van der Waals surface area contributed by atoms with Crippen LogP contribution in [-0.2, 0) is 6.42 Å². The molecule has 0 radical (unpaired) electrons. The van der Waals surface area contributed by atoms with Gasteiger partial charge in [0.15, 0.2) is 0 Å². The quantitative estimate of drug-likeness (QED) is 0.623. The van der Waals surface area contributed by atoms with Gasteiger partial charge in [-0.1, -0.05) is 6.07 Å². The Bertz CT molecular complexity index is 778. The van der Waals surface area contributed by atoms with E-state index in [1.54, 1.807) is 19.2 Å². The molecule has 104 valence electrons. The monoisotopic (exact) mass is 280 g/mol. The molecular formula is C16H12N2O3. The first-order chi connectivity index (χ1) is 10.1. The fraction of sp³-hybridized carbons (Fsp3) is 0.188. The summed E-state index contributed by atoms with van der Waals surface area (Å²) >= 11 is 0. The fourth-order valence-electron chi connectivity index (χ4n) is 2.77. The average molecular weight is 280 g/mol. The normalized spacial score (nSPS) is 15.5. The van der Waals surface area contributed by atoms with Gasteiger partial charge in [-0.15, -0.1) is 0 Å². The number of nitrogens with zero attached hydrogens (tertiary/aromatic N) is 2. The number of rotatable bonds is 2. The number of hydrogen-bond donors (Lipinski definition) is 0. The third kappa shape index (κ3) is 2.11. The van der Waals surface area contributed by atoms with Crippen LogP contribution in [0.1, 0.15) is 17.0 Å². The Labute approximate surface area is 121 Å². The van der Waals surface area contributed by atoms with E-state index in [1.807, 2.05) is 18.2 Å². The Morgan fingerprint density at radius 3 is 2.71 bits per heavy atom. The summed E-state index contributed by atoms with van der Waals surface area (Å²) < 4.78 is 5.21. The molecule has 0 bridgehead atoms. The van der Waals surface area contributed by atoms with Gasteiger partial charge >= 0.3 is 0 Å². The largest absolute Gasteiger partial charge is 0.497 e. The highest BCUT2D eigenvalue weighted by Gasteiger charge is 2.26. The molecule has 0 saturated heterocycles. The van der Waals surface area contributed by atoms with E-state index in [9.17, 15) is 15.4 Å². The summed E-state index contributed by atoms with van der Waals surface area (Å²) in [6, 6.07) is 12.7. The SMILES string of the molecule is COc1ccc2c(c1)[C@H](C#N)Cc1cc([N+](=O)[O-])ccc1-2. The van der Waals surface area contributed by atoms with Gasteiger partial charge in [0.25, 0.3) is 5.69 Å². The van der Waals surface area contributed by atoms with Crippen molar-refractivity contribution in [3.8, 4) is 22.9 Å². The maximum atomic E-state index is 10.9. The predicted octanol–water partition coefficient (Wildman–Crippen LogP) is 3.43. The highest BCUT2D eigenvalue weighted by molar-refractivity contribution is 5.76. The van der Waals surface area contributed by atoms with Crippen molar-refractivity contribution in [1.82, 2.24) is 0 Å². The molecule has 0 spiro atoms. The number of fused-ring (bicyclic) bond motifs is 3. The van der Waals surface area contributed by atoms with Crippen LogP contribution in [0.3, 0.4) is 0 Å². The highest BCUT2D eigenvalue weighted by atomic mass is 16.6. The minimum absolute atomic E-state index is 0.0578. The molecule has 0 amide bonds. The maximum absolute atomic E-state index is 10.9. The van der Waals surface area contributed by atoms with Crippen molar-refractivity contribution in [3.05, 3.63) is 57.6 Å². The summed E-state index contributed by atoms with van der Waals surface area (Å²) in [7, 11) is 1.59. The third-order valence-electron chi connectivity index (χ3n) is 3.80. The van der Waals surface area contributed by atoms with Gasteiger partial charge in [0.1, 0.15) is 5.75 Å². The summed E-state index contributed by atoms with van der Waals surface area (Å²) in [6.07, 6.45) is 0.480. The van der Waals surface area contributed by atoms with Crippen LogP contribution in [0.25, 0.3) is 11.1 Å². The van der Waals surface area contributed by atoms with E-state index in [2.05, 4.69) is 6.07 Å². The smallest absolute Gasteiger partial charge is 0.269 e. The second kappa shape index (κ2) is 4.91. The molecule has 0 aromatic heterocycles. The van der Waals surface area contributed by atoms with Crippen molar-refractivity contribution in [2.75, 3.05) is 7.11 Å². The standard InChI is InChI=1S/C16H12N2O3/c1-21-13-3-5-15-14-4-2-12(18(19)20)7-10(14)6-11(9-17)16(15)8-13/h2-5,7-8,11H,6H2,1H3/t11-/m0/s1. The van der Waals surface area contributed by atoms with Crippen LogP contribution >= 0.6 is 0 Å². The summed E-state index contributed by atoms with van der Waals surface area (Å²) in [4.78, 5) is 10.5. The molecule has 0 aliphatic heterocycles. The molecule has 0 unspecified atom stereocenters. The van der Waals surface area contributed by atoms with E-state index in [0.29, 0.717) is 12.2 Å². The Hall–Kier alpha value is -2.87. The van der Waals surface area contributed by atoms with Gasteiger partial charge in [-0.3, -0.25) is 10.1 Å². The number of nitriles is 1. The van der Waals surface area contributed by atoms with Gasteiger partial charge in [0, 0.05) is 12.1 Å². The predicted molar refractivity (Wildman–Crippen MR) is 77.1 cm³/mol. The molecule has 5 nitrogen and oxygen atoms in total. The maximum Gasteiger partial charge on any atom is 0.269 e. The van der Waals surface area contributed by atoms with Crippen LogP contribution in [0.4, 0.5) is 5.69 Å². The van der Waals surface area contributed by atoms with Crippen LogP contribution in [0.2, 0.25) is 0 Å². The van der Waals surface area contributed by atoms with Crippen molar-refractivity contribution in [3.63, 3.8) is 0 Å². The third-order valence-corrected chi connectivity index (χ3v) is 3.80. The Kier molecular flexibility index (Phi) is 3.07. The molecule has 1 aliphatic carbocycles. The van der Waals surface area contributed by atoms with Crippen molar-refractivity contribution in [2.24, 2.45) is 0 Å². The van der Waals surface area contributed by atoms with Crippen LogP contribution in [0, 0.1) is 21.4 Å². The number of hydrogen-bond acceptors (Lipinski definition) is 4. The van der Waals surface area contributed by atoms with Crippen LogP contribution in [0.5, 0.6) is 5.75 Å². The van der Waals surface area contributed by atoms with E-state index in [4.69, 9.17) is 4.74 Å². The van der Waals surface area contributed by atoms with Gasteiger partial charge in [0.2, 0.25) is 0 Å². The minimum Gasteiger partial charge on any atom is -0.497 e. The molecule has 21 heavy (non-hydrogen) atoms. The second-order valence-corrected chi connectivity index (χ2v) is 4.94. The summed E-state index contributed by atoms with van der Waals surface area (Å²) in [5, 5.41) is 20.3. The number of nitro benzene ring substituents is 1. The molecule has 2 aromatic rings. The highest BCUT2D eigenvalue weighted by Crippen LogP contribution is 2.42. The first-order valence-corrected chi connectivity index (χ1v) is 6.49. The van der Waals surface area contributed by atoms with Gasteiger partial charge in [-0.25, -0.2) is 0 Å². The van der Waals surface area contributed by atoms with Gasteiger partial charge in [0.05, 0.1) is 24.0 Å². The number of ether oxygens (including phenoxy) is 1. The van der Waals surface area contributed by atoms with E-state index in [-0.39, 0.29) is 11.6 Å². The number of benzene rings is 2. The van der Waals surface area contributed by atoms with Gasteiger partial charge < -0.3 is 4.74 Å². The van der Waals surface area contributed by atoms with Crippen molar-refractivity contribution in [1.29, 1.82) is 5.26 Å². The molecule has 1 aliphatic rings. The Morgan fingerprint density at radius 1 is 1.29 bits per heavy atom. The van der Waals surface area contributed by atoms with E-state index >= 15 is 0 Å². The lowest BCUT2D eigenvalue weighted by Crippen LogP contribution is -2.10. The zero-order chi connectivity index (χ0) is 15.0. The molecule has 2 aromatic carbocycles. The number of non-ortho nitro benzene ring substituents is 1. The van der Waals surface area contributed by atoms with Crippen LogP contribution < -0.4 is 4.74 Å². The van der Waals surface area contributed by atoms with E-state index in [0.717, 1.165) is 22.3 Å². The lowest BCUT2D eigenvalue weighted by molar-refractivity contribution is -0.384. The fourth-order valence-corrected chi connectivity index (χ4v) is 2.77.